The molecule has 0 bridgehead atoms. The van der Waals surface area contributed by atoms with Crippen LogP contribution in [0.5, 0.6) is 0 Å². The van der Waals surface area contributed by atoms with Crippen molar-refractivity contribution >= 4 is 11.9 Å². The van der Waals surface area contributed by atoms with Gasteiger partial charge >= 0.3 is 12.1 Å². The van der Waals surface area contributed by atoms with E-state index < -0.39 is 29.7 Å². The molecule has 0 aromatic carbocycles. The predicted octanol–water partition coefficient (Wildman–Crippen LogP) is 1.69. The van der Waals surface area contributed by atoms with Crippen molar-refractivity contribution in [3.05, 3.63) is 29.6 Å². The van der Waals surface area contributed by atoms with Crippen LogP contribution >= 0.6 is 0 Å². The number of nitrogens with one attached hydrogen (secondary N) is 1. The molecule has 0 aliphatic rings. The first-order valence-corrected chi connectivity index (χ1v) is 5.26. The lowest BCUT2D eigenvalue weighted by Crippen LogP contribution is -2.34. The van der Waals surface area contributed by atoms with Gasteiger partial charge in [-0.2, -0.15) is 13.2 Å². The number of aromatic nitrogens is 1. The van der Waals surface area contributed by atoms with Gasteiger partial charge in [-0.05, 0) is 19.1 Å². The third-order valence-corrected chi connectivity index (χ3v) is 2.18. The molecule has 2 N–H and O–H groups in total. The van der Waals surface area contributed by atoms with Crippen LogP contribution in [0.25, 0.3) is 0 Å². The van der Waals surface area contributed by atoms with E-state index in [4.69, 9.17) is 5.11 Å². The summed E-state index contributed by atoms with van der Waals surface area (Å²) in [5.41, 5.74) is -1.16. The Balaban J connectivity index is 2.71. The lowest BCUT2D eigenvalue weighted by Gasteiger charge is -2.11. The quantitative estimate of drug-likeness (QED) is 0.877. The number of amides is 1. The van der Waals surface area contributed by atoms with Gasteiger partial charge in [-0.3, -0.25) is 14.6 Å². The Morgan fingerprint density at radius 3 is 2.47 bits per heavy atom. The van der Waals surface area contributed by atoms with E-state index in [9.17, 15) is 22.8 Å². The summed E-state index contributed by atoms with van der Waals surface area (Å²) >= 11 is 0. The molecular formula is C11H11F3N2O3. The second-order valence-electron chi connectivity index (χ2n) is 3.90. The fraction of sp³-hybridized carbons (Fsp3) is 0.364. The Kier molecular flexibility index (Phi) is 4.47. The first kappa shape index (κ1) is 14.9. The van der Waals surface area contributed by atoms with Gasteiger partial charge in [0.25, 0.3) is 5.91 Å². The Morgan fingerprint density at radius 1 is 1.42 bits per heavy atom. The van der Waals surface area contributed by atoms with Crippen LogP contribution < -0.4 is 5.32 Å². The molecule has 19 heavy (non-hydrogen) atoms. The fourth-order valence-electron chi connectivity index (χ4n) is 1.31. The number of aliphatic carboxylic acids is 1. The van der Waals surface area contributed by atoms with Crippen molar-refractivity contribution in [2.24, 2.45) is 0 Å². The van der Waals surface area contributed by atoms with E-state index in [0.29, 0.717) is 6.20 Å². The number of hydrogen-bond acceptors (Lipinski definition) is 3. The number of nitrogens with zero attached hydrogens (tertiary/aromatic N) is 1. The van der Waals surface area contributed by atoms with Gasteiger partial charge in [-0.15, -0.1) is 0 Å². The number of carboxylic acids is 1. The maximum Gasteiger partial charge on any atom is 0.417 e. The van der Waals surface area contributed by atoms with Crippen molar-refractivity contribution in [2.75, 3.05) is 0 Å². The van der Waals surface area contributed by atoms with Crippen molar-refractivity contribution < 1.29 is 27.9 Å². The predicted molar refractivity (Wildman–Crippen MR) is 58.4 cm³/mol. The highest BCUT2D eigenvalue weighted by atomic mass is 19.4. The summed E-state index contributed by atoms with van der Waals surface area (Å²) < 4.78 is 36.8. The Morgan fingerprint density at radius 2 is 2.05 bits per heavy atom. The van der Waals surface area contributed by atoms with E-state index in [1.165, 1.54) is 6.92 Å². The lowest BCUT2D eigenvalue weighted by atomic mass is 10.2. The number of rotatable bonds is 4. The average molecular weight is 276 g/mol. The molecule has 1 atom stereocenters. The molecular weight excluding hydrogens is 265 g/mol. The second kappa shape index (κ2) is 5.68. The zero-order valence-corrected chi connectivity index (χ0v) is 9.86. The van der Waals surface area contributed by atoms with Crippen molar-refractivity contribution in [3.8, 4) is 0 Å². The third kappa shape index (κ3) is 4.57. The van der Waals surface area contributed by atoms with Gasteiger partial charge in [0.2, 0.25) is 0 Å². The van der Waals surface area contributed by atoms with Gasteiger partial charge in [-0.1, -0.05) is 0 Å². The fourth-order valence-corrected chi connectivity index (χ4v) is 1.31. The van der Waals surface area contributed by atoms with Crippen LogP contribution in [0.15, 0.2) is 18.3 Å². The van der Waals surface area contributed by atoms with Crippen LogP contribution in [0.2, 0.25) is 0 Å². The summed E-state index contributed by atoms with van der Waals surface area (Å²) in [5, 5.41) is 10.8. The van der Waals surface area contributed by atoms with E-state index in [0.717, 1.165) is 12.1 Å². The molecule has 0 aliphatic carbocycles. The number of carbonyl (C=O) groups is 2. The summed E-state index contributed by atoms with van der Waals surface area (Å²) in [6, 6.07) is 1.03. The molecule has 1 rings (SSSR count). The molecule has 1 aromatic heterocycles. The second-order valence-corrected chi connectivity index (χ2v) is 3.90. The molecule has 0 aliphatic heterocycles. The topological polar surface area (TPSA) is 79.3 Å². The van der Waals surface area contributed by atoms with Crippen LogP contribution in [0.4, 0.5) is 13.2 Å². The van der Waals surface area contributed by atoms with E-state index in [-0.39, 0.29) is 12.1 Å². The highest BCUT2D eigenvalue weighted by Crippen LogP contribution is 2.28. The van der Waals surface area contributed by atoms with E-state index >= 15 is 0 Å². The van der Waals surface area contributed by atoms with Crippen molar-refractivity contribution in [1.29, 1.82) is 0 Å². The maximum atomic E-state index is 12.3. The van der Waals surface area contributed by atoms with Crippen LogP contribution in [-0.2, 0) is 11.0 Å². The minimum atomic E-state index is -4.52. The van der Waals surface area contributed by atoms with E-state index in [2.05, 4.69) is 10.3 Å². The standard InChI is InChI=1S/C11H11F3N2O3/c1-6(4-9(17)18)16-10(19)8-3-2-7(5-15-8)11(12,13)14/h2-3,5-6H,4H2,1H3,(H,16,19)(H,17,18). The molecule has 5 nitrogen and oxygen atoms in total. The summed E-state index contributed by atoms with van der Waals surface area (Å²) in [4.78, 5) is 25.3. The Labute approximate surface area is 106 Å². The average Bonchev–Trinajstić information content (AvgIpc) is 2.26. The molecule has 1 unspecified atom stereocenters. The largest absolute Gasteiger partial charge is 0.481 e. The molecule has 0 fully saturated rings. The highest BCUT2D eigenvalue weighted by molar-refractivity contribution is 5.92. The summed E-state index contributed by atoms with van der Waals surface area (Å²) in [6.45, 7) is 1.47. The molecule has 0 spiro atoms. The zero-order chi connectivity index (χ0) is 14.6. The minimum Gasteiger partial charge on any atom is -0.481 e. The summed E-state index contributed by atoms with van der Waals surface area (Å²) in [6.07, 6.45) is -4.25. The SMILES string of the molecule is CC(CC(=O)O)NC(=O)c1ccc(C(F)(F)F)cn1. The first-order valence-electron chi connectivity index (χ1n) is 5.26. The highest BCUT2D eigenvalue weighted by Gasteiger charge is 2.31. The van der Waals surface area contributed by atoms with Crippen molar-refractivity contribution in [3.63, 3.8) is 0 Å². The Hall–Kier alpha value is -2.12. The van der Waals surface area contributed by atoms with Crippen LogP contribution in [0, 0.1) is 0 Å². The molecule has 0 radical (unpaired) electrons. The van der Waals surface area contributed by atoms with Crippen LogP contribution in [-0.4, -0.2) is 28.0 Å². The smallest absolute Gasteiger partial charge is 0.417 e. The maximum absolute atomic E-state index is 12.3. The van der Waals surface area contributed by atoms with Crippen molar-refractivity contribution in [1.82, 2.24) is 10.3 Å². The van der Waals surface area contributed by atoms with Gasteiger partial charge in [0.15, 0.2) is 0 Å². The number of alkyl halides is 3. The van der Waals surface area contributed by atoms with Gasteiger partial charge in [0.05, 0.1) is 12.0 Å². The van der Waals surface area contributed by atoms with Gasteiger partial charge in [0, 0.05) is 12.2 Å². The molecule has 1 amide bonds. The molecule has 0 saturated carbocycles. The van der Waals surface area contributed by atoms with Gasteiger partial charge in [-0.25, -0.2) is 0 Å². The monoisotopic (exact) mass is 276 g/mol. The minimum absolute atomic E-state index is 0.203. The molecule has 1 heterocycles. The molecule has 1 aromatic rings. The van der Waals surface area contributed by atoms with E-state index in [1.54, 1.807) is 0 Å². The number of hydrogen-bond donors (Lipinski definition) is 2. The molecule has 104 valence electrons. The zero-order valence-electron chi connectivity index (χ0n) is 9.86. The molecule has 8 heteroatoms. The van der Waals surface area contributed by atoms with E-state index in [1.807, 2.05) is 0 Å². The number of carbonyl (C=O) groups excluding carboxylic acids is 1. The van der Waals surface area contributed by atoms with Gasteiger partial charge in [0.1, 0.15) is 5.69 Å². The van der Waals surface area contributed by atoms with Gasteiger partial charge < -0.3 is 10.4 Å². The third-order valence-electron chi connectivity index (χ3n) is 2.18. The summed E-state index contributed by atoms with van der Waals surface area (Å²) in [7, 11) is 0. The van der Waals surface area contributed by atoms with Crippen LogP contribution in [0.1, 0.15) is 29.4 Å². The van der Waals surface area contributed by atoms with Crippen molar-refractivity contribution in [2.45, 2.75) is 25.6 Å². The van der Waals surface area contributed by atoms with Crippen LogP contribution in [0.3, 0.4) is 0 Å². The lowest BCUT2D eigenvalue weighted by molar-refractivity contribution is -0.138. The number of halogens is 3. The normalized spacial score (nSPS) is 12.8. The Bertz CT molecular complexity index is 471. The first-order chi connectivity index (χ1) is 8.70. The number of carboxylic acid groups (broad SMARTS) is 1. The summed E-state index contributed by atoms with van der Waals surface area (Å²) in [5.74, 6) is -1.81. The molecule has 0 saturated heterocycles. The number of pyridine rings is 1.